The molecule has 19 heavy (non-hydrogen) atoms. The third kappa shape index (κ3) is 3.97. The predicted octanol–water partition coefficient (Wildman–Crippen LogP) is 2.60. The highest BCUT2D eigenvalue weighted by Gasteiger charge is 2.44. The molecule has 0 aromatic heterocycles. The molecule has 1 rings (SSSR count). The second-order valence-corrected chi connectivity index (χ2v) is 5.32. The first-order valence-corrected chi connectivity index (χ1v) is 5.82. The molecule has 4 nitrogen and oxygen atoms in total. The number of hydrogen-bond acceptors (Lipinski definition) is 3. The maximum absolute atomic E-state index is 12.3. The van der Waals surface area contributed by atoms with Gasteiger partial charge < -0.3 is 9.64 Å². The molecule has 1 aliphatic rings. The van der Waals surface area contributed by atoms with Crippen LogP contribution in [0.4, 0.5) is 13.2 Å². The summed E-state index contributed by atoms with van der Waals surface area (Å²) in [5.41, 5.74) is -0.672. The Balaban J connectivity index is 2.77. The molecule has 108 valence electrons. The quantitative estimate of drug-likeness (QED) is 0.547. The molecule has 0 N–H and O–H groups in total. The van der Waals surface area contributed by atoms with Crippen molar-refractivity contribution in [2.24, 2.45) is 5.41 Å². The summed E-state index contributed by atoms with van der Waals surface area (Å²) in [6.45, 7) is 4.86. The van der Waals surface area contributed by atoms with Crippen LogP contribution in [0.15, 0.2) is 12.0 Å². The second-order valence-electron chi connectivity index (χ2n) is 5.32. The number of ether oxygens (including phenoxy) is 1. The van der Waals surface area contributed by atoms with Crippen LogP contribution >= 0.6 is 0 Å². The largest absolute Gasteiger partial charge is 0.471 e. The van der Waals surface area contributed by atoms with E-state index >= 15 is 0 Å². The van der Waals surface area contributed by atoms with Crippen molar-refractivity contribution in [3.63, 3.8) is 0 Å². The van der Waals surface area contributed by atoms with Crippen LogP contribution in [0.2, 0.25) is 0 Å². The minimum atomic E-state index is -4.92. The Morgan fingerprint density at radius 2 is 1.84 bits per heavy atom. The van der Waals surface area contributed by atoms with Crippen LogP contribution in [0.1, 0.15) is 33.6 Å². The first-order chi connectivity index (χ1) is 8.53. The average molecular weight is 279 g/mol. The lowest BCUT2D eigenvalue weighted by molar-refractivity contribution is -0.182. The van der Waals surface area contributed by atoms with Gasteiger partial charge in [0.25, 0.3) is 0 Å². The van der Waals surface area contributed by atoms with Crippen LogP contribution in [-0.2, 0) is 14.3 Å². The first-order valence-electron chi connectivity index (χ1n) is 5.82. The van der Waals surface area contributed by atoms with Gasteiger partial charge in [-0.25, -0.2) is 0 Å². The molecule has 1 aliphatic heterocycles. The Bertz CT molecular complexity index is 407. The molecule has 1 fully saturated rings. The highest BCUT2D eigenvalue weighted by atomic mass is 19.4. The summed E-state index contributed by atoms with van der Waals surface area (Å²) >= 11 is 0. The van der Waals surface area contributed by atoms with E-state index in [2.05, 4.69) is 0 Å². The molecule has 0 unspecified atom stereocenters. The Morgan fingerprint density at radius 3 is 2.32 bits per heavy atom. The summed E-state index contributed by atoms with van der Waals surface area (Å²) in [6.07, 6.45) is -3.28. The molecule has 1 saturated heterocycles. The average Bonchev–Trinajstić information content (AvgIpc) is 2.69. The van der Waals surface area contributed by atoms with Crippen LogP contribution in [0.3, 0.4) is 0 Å². The molecule has 1 heterocycles. The number of likely N-dealkylation sites (tertiary alicyclic amines) is 1. The van der Waals surface area contributed by atoms with Crippen molar-refractivity contribution in [2.45, 2.75) is 39.8 Å². The van der Waals surface area contributed by atoms with Gasteiger partial charge in [-0.2, -0.15) is 13.2 Å². The number of carbonyl (C=O) groups is 2. The number of carbonyl (C=O) groups excluding carboxylic acids is 2. The van der Waals surface area contributed by atoms with E-state index in [1.165, 1.54) is 0 Å². The van der Waals surface area contributed by atoms with Gasteiger partial charge in [0, 0.05) is 6.54 Å². The monoisotopic (exact) mass is 279 g/mol. The van der Waals surface area contributed by atoms with E-state index in [4.69, 9.17) is 4.74 Å². The number of esters is 1. The highest BCUT2D eigenvalue weighted by molar-refractivity contribution is 5.84. The zero-order valence-electron chi connectivity index (χ0n) is 11.0. The Labute approximate surface area is 109 Å². The molecule has 0 radical (unpaired) electrons. The van der Waals surface area contributed by atoms with Crippen molar-refractivity contribution in [1.82, 2.24) is 4.90 Å². The first kappa shape index (κ1) is 15.5. The SMILES string of the molecule is CC(C)(C)C(=O)O/C=C1\CCCN1C(=O)C(F)(F)F. The van der Waals surface area contributed by atoms with Crippen LogP contribution in [0.25, 0.3) is 0 Å². The van der Waals surface area contributed by atoms with Crippen LogP contribution in [-0.4, -0.2) is 29.5 Å². The minimum absolute atomic E-state index is 0.0166. The number of hydrogen-bond donors (Lipinski definition) is 0. The molecule has 0 spiro atoms. The molecule has 0 bridgehead atoms. The third-order valence-corrected chi connectivity index (χ3v) is 2.56. The van der Waals surface area contributed by atoms with E-state index < -0.39 is 23.5 Å². The van der Waals surface area contributed by atoms with Gasteiger partial charge in [0.05, 0.1) is 11.1 Å². The lowest BCUT2D eigenvalue weighted by atomic mass is 9.97. The van der Waals surface area contributed by atoms with Gasteiger partial charge in [0.1, 0.15) is 6.26 Å². The molecule has 0 aromatic carbocycles. The number of rotatable bonds is 1. The zero-order chi connectivity index (χ0) is 14.8. The maximum atomic E-state index is 12.3. The fourth-order valence-corrected chi connectivity index (χ4v) is 1.50. The summed E-state index contributed by atoms with van der Waals surface area (Å²) in [4.78, 5) is 23.2. The summed E-state index contributed by atoms with van der Waals surface area (Å²) in [6, 6.07) is 0. The number of amides is 1. The minimum Gasteiger partial charge on any atom is -0.432 e. The normalized spacial score (nSPS) is 18.8. The van der Waals surface area contributed by atoms with Crippen molar-refractivity contribution in [3.8, 4) is 0 Å². The van der Waals surface area contributed by atoms with E-state index in [1.54, 1.807) is 20.8 Å². The molecule has 0 atom stereocenters. The predicted molar refractivity (Wildman–Crippen MR) is 60.6 cm³/mol. The number of allylic oxidation sites excluding steroid dienone is 1. The Morgan fingerprint density at radius 1 is 1.26 bits per heavy atom. The van der Waals surface area contributed by atoms with Gasteiger partial charge in [0.15, 0.2) is 0 Å². The van der Waals surface area contributed by atoms with Crippen molar-refractivity contribution in [1.29, 1.82) is 0 Å². The summed E-state index contributed by atoms with van der Waals surface area (Å²) in [5, 5.41) is 0. The smallest absolute Gasteiger partial charge is 0.432 e. The molecular formula is C12H16F3NO3. The molecule has 0 saturated carbocycles. The summed E-state index contributed by atoms with van der Waals surface area (Å²) in [7, 11) is 0. The van der Waals surface area contributed by atoms with E-state index in [-0.39, 0.29) is 18.7 Å². The standard InChI is InChI=1S/C12H16F3NO3/c1-11(2,3)10(18)19-7-8-5-4-6-16(8)9(17)12(13,14)15/h7H,4-6H2,1-3H3/b8-7+. The maximum Gasteiger partial charge on any atom is 0.471 e. The zero-order valence-corrected chi connectivity index (χ0v) is 11.0. The number of nitrogens with zero attached hydrogens (tertiary/aromatic N) is 1. The van der Waals surface area contributed by atoms with Gasteiger partial charge in [-0.15, -0.1) is 0 Å². The van der Waals surface area contributed by atoms with Crippen LogP contribution in [0.5, 0.6) is 0 Å². The lowest BCUT2D eigenvalue weighted by Gasteiger charge is -2.20. The molecule has 0 aromatic rings. The molecule has 1 amide bonds. The van der Waals surface area contributed by atoms with Crippen molar-refractivity contribution in [2.75, 3.05) is 6.54 Å². The summed E-state index contributed by atoms with van der Waals surface area (Å²) < 4.78 is 41.8. The second kappa shape index (κ2) is 5.22. The summed E-state index contributed by atoms with van der Waals surface area (Å²) in [5.74, 6) is -2.49. The van der Waals surface area contributed by atoms with Gasteiger partial charge in [-0.1, -0.05) is 0 Å². The van der Waals surface area contributed by atoms with Gasteiger partial charge in [0.2, 0.25) is 0 Å². The molecule has 0 aliphatic carbocycles. The van der Waals surface area contributed by atoms with Crippen molar-refractivity contribution < 1.29 is 27.5 Å². The fourth-order valence-electron chi connectivity index (χ4n) is 1.50. The highest BCUT2D eigenvalue weighted by Crippen LogP contribution is 2.28. The fraction of sp³-hybridized carbons (Fsp3) is 0.667. The van der Waals surface area contributed by atoms with Gasteiger partial charge >= 0.3 is 18.1 Å². The lowest BCUT2D eigenvalue weighted by Crippen LogP contribution is -2.38. The number of halogens is 3. The molecule has 7 heteroatoms. The van der Waals surface area contributed by atoms with E-state index in [9.17, 15) is 22.8 Å². The topological polar surface area (TPSA) is 46.6 Å². The van der Waals surface area contributed by atoms with Crippen LogP contribution < -0.4 is 0 Å². The van der Waals surface area contributed by atoms with E-state index in [0.717, 1.165) is 6.26 Å². The Hall–Kier alpha value is -1.53. The van der Waals surface area contributed by atoms with Crippen molar-refractivity contribution >= 4 is 11.9 Å². The van der Waals surface area contributed by atoms with Crippen LogP contribution in [0, 0.1) is 5.41 Å². The van der Waals surface area contributed by atoms with E-state index in [1.807, 2.05) is 0 Å². The third-order valence-electron chi connectivity index (χ3n) is 2.56. The number of alkyl halides is 3. The van der Waals surface area contributed by atoms with Crippen molar-refractivity contribution in [3.05, 3.63) is 12.0 Å². The Kier molecular flexibility index (Phi) is 4.27. The molecular weight excluding hydrogens is 263 g/mol. The van der Waals surface area contributed by atoms with Gasteiger partial charge in [-0.05, 0) is 33.6 Å². The van der Waals surface area contributed by atoms with Gasteiger partial charge in [-0.3, -0.25) is 9.59 Å². The van der Waals surface area contributed by atoms with E-state index in [0.29, 0.717) is 11.3 Å².